The van der Waals surface area contributed by atoms with Crippen LogP contribution in [0.15, 0.2) is 41.8 Å². The van der Waals surface area contributed by atoms with Crippen LogP contribution in [0.3, 0.4) is 0 Å². The Morgan fingerprint density at radius 2 is 1.84 bits per heavy atom. The van der Waals surface area contributed by atoms with Gasteiger partial charge in [0.25, 0.3) is 0 Å². The van der Waals surface area contributed by atoms with Gasteiger partial charge in [0, 0.05) is 6.42 Å². The molecule has 0 N–H and O–H groups in total. The van der Waals surface area contributed by atoms with E-state index in [2.05, 4.69) is 0 Å². The molecule has 0 aliphatic carbocycles. The molecule has 0 saturated carbocycles. The van der Waals surface area contributed by atoms with E-state index in [-0.39, 0.29) is 5.78 Å². The van der Waals surface area contributed by atoms with Crippen LogP contribution in [0.5, 0.6) is 10.8 Å². The fourth-order valence-electron chi connectivity index (χ4n) is 1.64. The summed E-state index contributed by atoms with van der Waals surface area (Å²) in [4.78, 5) is 11.0. The van der Waals surface area contributed by atoms with E-state index >= 15 is 0 Å². The molecule has 1 aromatic carbocycles. The summed E-state index contributed by atoms with van der Waals surface area (Å²) in [5.74, 6) is 0.958. The molecule has 2 aromatic rings. The lowest BCUT2D eigenvalue weighted by atomic mass is 10.1. The Hall–Kier alpha value is -1.81. The van der Waals surface area contributed by atoms with Crippen LogP contribution >= 0.6 is 11.3 Å². The molecule has 0 radical (unpaired) electrons. The first kappa shape index (κ1) is 13.6. The lowest BCUT2D eigenvalue weighted by Crippen LogP contribution is -2.08. The number of rotatable bonds is 7. The van der Waals surface area contributed by atoms with Crippen molar-refractivity contribution in [3.63, 3.8) is 0 Å². The van der Waals surface area contributed by atoms with Crippen molar-refractivity contribution in [2.75, 3.05) is 13.2 Å². The van der Waals surface area contributed by atoms with Gasteiger partial charge in [0.15, 0.2) is 5.06 Å². The van der Waals surface area contributed by atoms with E-state index in [1.807, 2.05) is 41.8 Å². The second kappa shape index (κ2) is 6.95. The van der Waals surface area contributed by atoms with Crippen molar-refractivity contribution in [1.29, 1.82) is 0 Å². The first-order chi connectivity index (χ1) is 9.24. The Kier molecular flexibility index (Phi) is 4.98. The molecule has 100 valence electrons. The van der Waals surface area contributed by atoms with Gasteiger partial charge >= 0.3 is 0 Å². The molecule has 2 rings (SSSR count). The Bertz CT molecular complexity index is 503. The first-order valence-corrected chi connectivity index (χ1v) is 6.99. The molecule has 4 heteroatoms. The average Bonchev–Trinajstić information content (AvgIpc) is 2.89. The molecule has 0 aliphatic heterocycles. The molecule has 1 heterocycles. The summed E-state index contributed by atoms with van der Waals surface area (Å²) in [7, 11) is 0. The third kappa shape index (κ3) is 4.75. The van der Waals surface area contributed by atoms with Gasteiger partial charge in [-0.2, -0.15) is 0 Å². The van der Waals surface area contributed by atoms with Gasteiger partial charge in [-0.3, -0.25) is 4.79 Å². The first-order valence-electron chi connectivity index (χ1n) is 6.11. The summed E-state index contributed by atoms with van der Waals surface area (Å²) in [6.45, 7) is 2.62. The van der Waals surface area contributed by atoms with E-state index in [4.69, 9.17) is 9.47 Å². The number of carbonyl (C=O) groups excluding carboxylic acids is 1. The van der Waals surface area contributed by atoms with E-state index in [1.54, 1.807) is 18.3 Å². The zero-order valence-corrected chi connectivity index (χ0v) is 11.6. The number of hydrogen-bond acceptors (Lipinski definition) is 4. The molecule has 0 fully saturated rings. The summed E-state index contributed by atoms with van der Waals surface area (Å²) in [6, 6.07) is 11.5. The molecule has 0 saturated heterocycles. The zero-order chi connectivity index (χ0) is 13.5. The molecule has 0 bridgehead atoms. The number of thiophene rings is 1. The molecular formula is C15H16O3S. The minimum atomic E-state index is 0.165. The van der Waals surface area contributed by atoms with Gasteiger partial charge in [-0.25, -0.2) is 0 Å². The molecule has 0 amide bonds. The van der Waals surface area contributed by atoms with Crippen LogP contribution in [0, 0.1) is 0 Å². The quantitative estimate of drug-likeness (QED) is 0.728. The van der Waals surface area contributed by atoms with E-state index in [1.165, 1.54) is 0 Å². The number of carbonyl (C=O) groups is 1. The number of Topliss-reactive ketones (excluding diaryl/α,β-unsaturated/α-hetero) is 1. The summed E-state index contributed by atoms with van der Waals surface area (Å²) < 4.78 is 11.1. The van der Waals surface area contributed by atoms with Gasteiger partial charge in [-0.1, -0.05) is 12.1 Å². The minimum absolute atomic E-state index is 0.165. The molecule has 0 aliphatic rings. The number of benzene rings is 1. The van der Waals surface area contributed by atoms with Crippen molar-refractivity contribution in [1.82, 2.24) is 0 Å². The highest BCUT2D eigenvalue weighted by molar-refractivity contribution is 7.11. The molecule has 1 aromatic heterocycles. The predicted octanol–water partition coefficient (Wildman–Crippen LogP) is 3.34. The van der Waals surface area contributed by atoms with Gasteiger partial charge in [0.1, 0.15) is 24.7 Å². The highest BCUT2D eigenvalue weighted by Crippen LogP contribution is 2.18. The predicted molar refractivity (Wildman–Crippen MR) is 76.1 cm³/mol. The minimum Gasteiger partial charge on any atom is -0.490 e. The maximum Gasteiger partial charge on any atom is 0.173 e. The number of ether oxygens (including phenoxy) is 2. The van der Waals surface area contributed by atoms with Crippen LogP contribution in [-0.4, -0.2) is 19.0 Å². The van der Waals surface area contributed by atoms with E-state index < -0.39 is 0 Å². The van der Waals surface area contributed by atoms with Gasteiger partial charge < -0.3 is 9.47 Å². The fraction of sp³-hybridized carbons (Fsp3) is 0.267. The van der Waals surface area contributed by atoms with E-state index in [0.29, 0.717) is 19.6 Å². The van der Waals surface area contributed by atoms with Gasteiger partial charge in [-0.15, -0.1) is 11.3 Å². The molecular weight excluding hydrogens is 260 g/mol. The highest BCUT2D eigenvalue weighted by Gasteiger charge is 1.99. The van der Waals surface area contributed by atoms with E-state index in [0.717, 1.165) is 16.4 Å². The summed E-state index contributed by atoms with van der Waals surface area (Å²) in [5.41, 5.74) is 1.01. The van der Waals surface area contributed by atoms with Crippen molar-refractivity contribution in [3.8, 4) is 10.8 Å². The third-order valence-corrected chi connectivity index (χ3v) is 3.25. The Labute approximate surface area is 116 Å². The lowest BCUT2D eigenvalue weighted by Gasteiger charge is -2.07. The maximum absolute atomic E-state index is 11.0. The Balaban J connectivity index is 1.72. The average molecular weight is 276 g/mol. The molecule has 19 heavy (non-hydrogen) atoms. The van der Waals surface area contributed by atoms with Crippen molar-refractivity contribution in [2.45, 2.75) is 13.3 Å². The molecule has 0 spiro atoms. The second-order valence-corrected chi connectivity index (χ2v) is 5.06. The van der Waals surface area contributed by atoms with Crippen molar-refractivity contribution < 1.29 is 14.3 Å². The van der Waals surface area contributed by atoms with Crippen molar-refractivity contribution >= 4 is 17.1 Å². The number of hydrogen-bond donors (Lipinski definition) is 0. The monoisotopic (exact) mass is 276 g/mol. The molecule has 0 atom stereocenters. The smallest absolute Gasteiger partial charge is 0.173 e. The van der Waals surface area contributed by atoms with Crippen molar-refractivity contribution in [2.24, 2.45) is 0 Å². The fourth-order valence-corrected chi connectivity index (χ4v) is 2.24. The van der Waals surface area contributed by atoms with Crippen LogP contribution in [0.4, 0.5) is 0 Å². The highest BCUT2D eigenvalue weighted by atomic mass is 32.1. The van der Waals surface area contributed by atoms with Crippen LogP contribution in [-0.2, 0) is 11.2 Å². The lowest BCUT2D eigenvalue weighted by molar-refractivity contribution is -0.116. The zero-order valence-electron chi connectivity index (χ0n) is 10.8. The SMILES string of the molecule is CC(=O)Cc1ccc(OCCOc2cccs2)cc1. The normalized spacial score (nSPS) is 10.2. The topological polar surface area (TPSA) is 35.5 Å². The number of ketones is 1. The van der Waals surface area contributed by atoms with Crippen LogP contribution < -0.4 is 9.47 Å². The van der Waals surface area contributed by atoms with Crippen LogP contribution in [0.2, 0.25) is 0 Å². The van der Waals surface area contributed by atoms with Crippen LogP contribution in [0.1, 0.15) is 12.5 Å². The third-order valence-electron chi connectivity index (χ3n) is 2.47. The second-order valence-electron chi connectivity index (χ2n) is 4.15. The Morgan fingerprint density at radius 1 is 1.11 bits per heavy atom. The standard InChI is InChI=1S/C15H16O3S/c1-12(16)11-13-4-6-14(7-5-13)17-8-9-18-15-3-2-10-19-15/h2-7,10H,8-9,11H2,1H3. The summed E-state index contributed by atoms with van der Waals surface area (Å²) >= 11 is 1.57. The summed E-state index contributed by atoms with van der Waals surface area (Å²) in [6.07, 6.45) is 0.474. The molecule has 3 nitrogen and oxygen atoms in total. The molecule has 0 unspecified atom stereocenters. The van der Waals surface area contributed by atoms with Gasteiger partial charge in [-0.05, 0) is 42.1 Å². The van der Waals surface area contributed by atoms with Crippen LogP contribution in [0.25, 0.3) is 0 Å². The van der Waals surface area contributed by atoms with Crippen molar-refractivity contribution in [3.05, 3.63) is 47.3 Å². The Morgan fingerprint density at radius 3 is 2.47 bits per heavy atom. The van der Waals surface area contributed by atoms with E-state index in [9.17, 15) is 4.79 Å². The largest absolute Gasteiger partial charge is 0.490 e. The van der Waals surface area contributed by atoms with Gasteiger partial charge in [0.05, 0.1) is 0 Å². The maximum atomic E-state index is 11.0. The summed E-state index contributed by atoms with van der Waals surface area (Å²) in [5, 5.41) is 2.88. The van der Waals surface area contributed by atoms with Gasteiger partial charge in [0.2, 0.25) is 0 Å².